The van der Waals surface area contributed by atoms with Crippen molar-refractivity contribution in [3.8, 4) is 0 Å². The summed E-state index contributed by atoms with van der Waals surface area (Å²) in [6.45, 7) is 11.8. The quantitative estimate of drug-likeness (QED) is 0.652. The van der Waals surface area contributed by atoms with Crippen LogP contribution in [0.3, 0.4) is 0 Å². The topological polar surface area (TPSA) is 48.5 Å². The predicted molar refractivity (Wildman–Crippen MR) is 126 cm³/mol. The highest BCUT2D eigenvalue weighted by atomic mass is 32.1. The smallest absolute Gasteiger partial charge is 0.251 e. The predicted octanol–water partition coefficient (Wildman–Crippen LogP) is 4.03. The summed E-state index contributed by atoms with van der Waals surface area (Å²) in [6, 6.07) is 12.4. The summed E-state index contributed by atoms with van der Waals surface area (Å²) < 4.78 is 1.28. The van der Waals surface area contributed by atoms with Crippen LogP contribution >= 0.6 is 11.3 Å². The number of aryl methyl sites for hydroxylation is 3. The number of para-hydroxylation sites is 1. The Labute approximate surface area is 182 Å². The summed E-state index contributed by atoms with van der Waals surface area (Å²) in [5.41, 5.74) is 5.60. The zero-order chi connectivity index (χ0) is 21.1. The highest BCUT2D eigenvalue weighted by molar-refractivity contribution is 7.22. The Bertz CT molecular complexity index is 1040. The van der Waals surface area contributed by atoms with Gasteiger partial charge in [-0.15, -0.1) is 0 Å². The molecule has 1 aliphatic rings. The van der Waals surface area contributed by atoms with E-state index in [-0.39, 0.29) is 5.91 Å². The second-order valence-corrected chi connectivity index (χ2v) is 9.01. The van der Waals surface area contributed by atoms with Crippen LogP contribution in [0, 0.1) is 13.8 Å². The minimum Gasteiger partial charge on any atom is -0.351 e. The molecule has 2 heterocycles. The van der Waals surface area contributed by atoms with Crippen molar-refractivity contribution >= 4 is 32.6 Å². The van der Waals surface area contributed by atoms with Gasteiger partial charge in [-0.2, -0.15) is 0 Å². The van der Waals surface area contributed by atoms with Gasteiger partial charge in [-0.3, -0.25) is 9.69 Å². The molecule has 0 aliphatic carbocycles. The molecule has 1 saturated heterocycles. The van der Waals surface area contributed by atoms with E-state index in [2.05, 4.69) is 47.2 Å². The summed E-state index contributed by atoms with van der Waals surface area (Å²) in [6.07, 6.45) is 1.02. The first-order valence-electron chi connectivity index (χ1n) is 10.8. The van der Waals surface area contributed by atoms with E-state index in [4.69, 9.17) is 4.98 Å². The molecule has 1 fully saturated rings. The third-order valence-electron chi connectivity index (χ3n) is 6.00. The molecule has 0 spiro atoms. The lowest BCUT2D eigenvalue weighted by Crippen LogP contribution is -2.48. The van der Waals surface area contributed by atoms with Gasteiger partial charge in [-0.1, -0.05) is 36.5 Å². The number of piperazine rings is 1. The van der Waals surface area contributed by atoms with E-state index in [9.17, 15) is 4.79 Å². The highest BCUT2D eigenvalue weighted by Gasteiger charge is 2.20. The van der Waals surface area contributed by atoms with Crippen molar-refractivity contribution < 1.29 is 4.79 Å². The van der Waals surface area contributed by atoms with Crippen molar-refractivity contribution in [2.75, 3.05) is 44.2 Å². The molecule has 6 heteroatoms. The van der Waals surface area contributed by atoms with Gasteiger partial charge in [0, 0.05) is 44.8 Å². The van der Waals surface area contributed by atoms with Crippen molar-refractivity contribution in [3.05, 3.63) is 58.7 Å². The summed E-state index contributed by atoms with van der Waals surface area (Å²) in [5.74, 6) is 0.0120. The molecule has 1 aliphatic heterocycles. The van der Waals surface area contributed by atoms with Crippen molar-refractivity contribution in [3.63, 3.8) is 0 Å². The molecule has 0 radical (unpaired) electrons. The monoisotopic (exact) mass is 422 g/mol. The van der Waals surface area contributed by atoms with Gasteiger partial charge >= 0.3 is 0 Å². The number of fused-ring (bicyclic) bond motifs is 1. The maximum Gasteiger partial charge on any atom is 0.251 e. The molecule has 3 aromatic rings. The van der Waals surface area contributed by atoms with E-state index in [1.54, 1.807) is 11.3 Å². The Balaban J connectivity index is 1.27. The average molecular weight is 423 g/mol. The minimum atomic E-state index is 0.0120. The van der Waals surface area contributed by atoms with Crippen LogP contribution in [0.25, 0.3) is 10.2 Å². The number of hydrogen-bond acceptors (Lipinski definition) is 5. The van der Waals surface area contributed by atoms with Crippen LogP contribution < -0.4 is 10.2 Å². The molecule has 158 valence electrons. The maximum absolute atomic E-state index is 12.4. The van der Waals surface area contributed by atoms with Crippen molar-refractivity contribution in [2.24, 2.45) is 0 Å². The minimum absolute atomic E-state index is 0.0120. The van der Waals surface area contributed by atoms with Gasteiger partial charge in [-0.25, -0.2) is 4.98 Å². The largest absolute Gasteiger partial charge is 0.351 e. The SMILES string of the molecule is CCc1cccc2sc(N3CCN(CCNC(=O)c4ccc(C)c(C)c4)CC3)nc12. The van der Waals surface area contributed by atoms with Crippen molar-refractivity contribution in [2.45, 2.75) is 27.2 Å². The Morgan fingerprint density at radius 3 is 2.63 bits per heavy atom. The summed E-state index contributed by atoms with van der Waals surface area (Å²) >= 11 is 1.80. The maximum atomic E-state index is 12.4. The molecule has 2 aromatic carbocycles. The first-order valence-corrected chi connectivity index (χ1v) is 11.6. The van der Waals surface area contributed by atoms with Crippen LogP contribution in [-0.4, -0.2) is 55.1 Å². The van der Waals surface area contributed by atoms with E-state index in [1.165, 1.54) is 15.8 Å². The number of rotatable bonds is 6. The Hall–Kier alpha value is -2.44. The number of hydrogen-bond donors (Lipinski definition) is 1. The molecule has 0 saturated carbocycles. The van der Waals surface area contributed by atoms with Crippen LogP contribution in [0.2, 0.25) is 0 Å². The first kappa shape index (κ1) is 20.8. The molecule has 1 aromatic heterocycles. The number of nitrogens with one attached hydrogen (secondary N) is 1. The molecule has 0 bridgehead atoms. The summed E-state index contributed by atoms with van der Waals surface area (Å²) in [5, 5.41) is 4.19. The van der Waals surface area contributed by atoms with Gasteiger partial charge in [0.15, 0.2) is 5.13 Å². The number of nitrogens with zero attached hydrogens (tertiary/aromatic N) is 3. The zero-order valence-electron chi connectivity index (χ0n) is 18.1. The molecular weight excluding hydrogens is 392 g/mol. The van der Waals surface area contributed by atoms with Gasteiger partial charge in [-0.05, 0) is 55.2 Å². The van der Waals surface area contributed by atoms with E-state index < -0.39 is 0 Å². The fourth-order valence-corrected chi connectivity index (χ4v) is 4.95. The highest BCUT2D eigenvalue weighted by Crippen LogP contribution is 2.31. The molecule has 1 N–H and O–H groups in total. The number of aromatic nitrogens is 1. The first-order chi connectivity index (χ1) is 14.5. The Morgan fingerprint density at radius 1 is 1.10 bits per heavy atom. The summed E-state index contributed by atoms with van der Waals surface area (Å²) in [4.78, 5) is 22.1. The van der Waals surface area contributed by atoms with Crippen LogP contribution in [-0.2, 0) is 6.42 Å². The van der Waals surface area contributed by atoms with Crippen molar-refractivity contribution in [1.29, 1.82) is 0 Å². The standard InChI is InChI=1S/C24H30N4OS/c1-4-19-6-5-7-21-22(19)26-24(30-21)28-14-12-27(13-15-28)11-10-25-23(29)20-9-8-17(2)18(3)16-20/h5-9,16H,4,10-15H2,1-3H3,(H,25,29). The molecule has 30 heavy (non-hydrogen) atoms. The number of anilines is 1. The average Bonchev–Trinajstić information content (AvgIpc) is 3.20. The molecule has 5 nitrogen and oxygen atoms in total. The normalized spacial score (nSPS) is 15.0. The fourth-order valence-electron chi connectivity index (χ4n) is 3.89. The van der Waals surface area contributed by atoms with Gasteiger partial charge in [0.25, 0.3) is 5.91 Å². The molecule has 0 unspecified atom stereocenters. The van der Waals surface area contributed by atoms with Gasteiger partial charge in [0.1, 0.15) is 0 Å². The van der Waals surface area contributed by atoms with Gasteiger partial charge < -0.3 is 10.2 Å². The van der Waals surface area contributed by atoms with Crippen molar-refractivity contribution in [1.82, 2.24) is 15.2 Å². The Morgan fingerprint density at radius 2 is 1.90 bits per heavy atom. The molecular formula is C24H30N4OS. The van der Waals surface area contributed by atoms with Gasteiger partial charge in [0.2, 0.25) is 0 Å². The fraction of sp³-hybridized carbons (Fsp3) is 0.417. The van der Waals surface area contributed by atoms with Crippen LogP contribution in [0.4, 0.5) is 5.13 Å². The number of carbonyl (C=O) groups is 1. The van der Waals surface area contributed by atoms with Crippen LogP contribution in [0.15, 0.2) is 36.4 Å². The van der Waals surface area contributed by atoms with E-state index in [1.807, 2.05) is 25.1 Å². The number of benzene rings is 2. The van der Waals surface area contributed by atoms with Gasteiger partial charge in [0.05, 0.1) is 10.2 Å². The molecule has 1 amide bonds. The third-order valence-corrected chi connectivity index (χ3v) is 7.08. The third kappa shape index (κ3) is 4.50. The lowest BCUT2D eigenvalue weighted by atomic mass is 10.1. The second kappa shape index (κ2) is 9.14. The molecule has 4 rings (SSSR count). The number of amides is 1. The lowest BCUT2D eigenvalue weighted by Gasteiger charge is -2.34. The second-order valence-electron chi connectivity index (χ2n) is 8.00. The van der Waals surface area contributed by atoms with E-state index >= 15 is 0 Å². The van der Waals surface area contributed by atoms with E-state index in [0.29, 0.717) is 6.54 Å². The van der Waals surface area contributed by atoms with Crippen LogP contribution in [0.5, 0.6) is 0 Å². The Kier molecular flexibility index (Phi) is 6.35. The molecule has 0 atom stereocenters. The number of carbonyl (C=O) groups excluding carboxylic acids is 1. The summed E-state index contributed by atoms with van der Waals surface area (Å²) in [7, 11) is 0. The van der Waals surface area contributed by atoms with Crippen LogP contribution in [0.1, 0.15) is 34.0 Å². The number of thiazole rings is 1. The lowest BCUT2D eigenvalue weighted by molar-refractivity contribution is 0.0947. The zero-order valence-corrected chi connectivity index (χ0v) is 18.9. The van der Waals surface area contributed by atoms with E-state index in [0.717, 1.165) is 60.9 Å².